The molecule has 2 atom stereocenters. The van der Waals surface area contributed by atoms with Crippen LogP contribution in [0.1, 0.15) is 36.1 Å². The number of morpholine rings is 1. The number of aryl methyl sites for hydroxylation is 2. The van der Waals surface area contributed by atoms with Gasteiger partial charge in [0.25, 0.3) is 0 Å². The van der Waals surface area contributed by atoms with Crippen LogP contribution in [0.5, 0.6) is 0 Å². The smallest absolute Gasteiger partial charge is 0.0594 e. The van der Waals surface area contributed by atoms with E-state index in [1.165, 1.54) is 28.8 Å². The minimum Gasteiger partial charge on any atom is -0.382 e. The molecule has 0 radical (unpaired) electrons. The third kappa shape index (κ3) is 2.49. The van der Waals surface area contributed by atoms with Crippen LogP contribution in [0, 0.1) is 13.8 Å². The summed E-state index contributed by atoms with van der Waals surface area (Å²) in [5.41, 5.74) is 5.59. The van der Waals surface area contributed by atoms with Crippen molar-refractivity contribution < 1.29 is 4.74 Å². The van der Waals surface area contributed by atoms with Gasteiger partial charge in [-0.2, -0.15) is 0 Å². The summed E-state index contributed by atoms with van der Waals surface area (Å²) in [5, 5.41) is 3.67. The van der Waals surface area contributed by atoms with Crippen molar-refractivity contribution in [3.8, 4) is 0 Å². The van der Waals surface area contributed by atoms with E-state index in [0.29, 0.717) is 12.1 Å². The molecule has 0 bridgehead atoms. The van der Waals surface area contributed by atoms with Crippen LogP contribution in [0.2, 0.25) is 0 Å². The van der Waals surface area contributed by atoms with Crippen molar-refractivity contribution in [2.45, 2.75) is 39.3 Å². The summed E-state index contributed by atoms with van der Waals surface area (Å²) in [5.74, 6) is 0. The third-order valence-electron chi connectivity index (χ3n) is 4.32. The Kier molecular flexibility index (Phi) is 3.50. The van der Waals surface area contributed by atoms with Gasteiger partial charge in [0, 0.05) is 30.9 Å². The van der Waals surface area contributed by atoms with Gasteiger partial charge in [0.1, 0.15) is 0 Å². The van der Waals surface area contributed by atoms with E-state index in [1.54, 1.807) is 0 Å². The van der Waals surface area contributed by atoms with E-state index in [0.717, 1.165) is 26.3 Å². The van der Waals surface area contributed by atoms with E-state index in [2.05, 4.69) is 43.1 Å². The van der Waals surface area contributed by atoms with E-state index < -0.39 is 0 Å². The minimum absolute atomic E-state index is 0.543. The Morgan fingerprint density at radius 3 is 2.68 bits per heavy atom. The molecule has 1 aromatic carbocycles. The maximum Gasteiger partial charge on any atom is 0.0594 e. The van der Waals surface area contributed by atoms with Gasteiger partial charge in [0.2, 0.25) is 0 Å². The van der Waals surface area contributed by atoms with Crippen LogP contribution in [0.4, 0.5) is 5.69 Å². The van der Waals surface area contributed by atoms with E-state index in [4.69, 9.17) is 4.74 Å². The Balaban J connectivity index is 1.98. The molecule has 3 heteroatoms. The second-order valence-corrected chi connectivity index (χ2v) is 5.99. The fourth-order valence-electron chi connectivity index (χ4n) is 3.46. The van der Waals surface area contributed by atoms with Crippen LogP contribution >= 0.6 is 0 Å². The van der Waals surface area contributed by atoms with Crippen molar-refractivity contribution in [1.29, 1.82) is 0 Å². The van der Waals surface area contributed by atoms with Crippen molar-refractivity contribution in [1.82, 2.24) is 4.90 Å². The predicted octanol–water partition coefficient (Wildman–Crippen LogP) is 2.88. The van der Waals surface area contributed by atoms with Crippen molar-refractivity contribution >= 4 is 5.69 Å². The Hall–Kier alpha value is -1.06. The van der Waals surface area contributed by atoms with E-state index in [9.17, 15) is 0 Å². The van der Waals surface area contributed by atoms with Gasteiger partial charge in [-0.05, 0) is 38.3 Å². The van der Waals surface area contributed by atoms with E-state index >= 15 is 0 Å². The number of rotatable bonds is 1. The molecule has 0 spiro atoms. The Morgan fingerprint density at radius 2 is 1.95 bits per heavy atom. The number of ether oxygens (including phenoxy) is 1. The molecule has 0 aromatic heterocycles. The lowest BCUT2D eigenvalue weighted by atomic mass is 9.89. The zero-order valence-corrected chi connectivity index (χ0v) is 12.2. The molecule has 0 saturated carbocycles. The van der Waals surface area contributed by atoms with Gasteiger partial charge in [-0.3, -0.25) is 4.90 Å². The summed E-state index contributed by atoms with van der Waals surface area (Å²) in [6.07, 6.45) is 1.19. The second kappa shape index (κ2) is 5.14. The van der Waals surface area contributed by atoms with Gasteiger partial charge in [-0.1, -0.05) is 17.7 Å². The summed E-state index contributed by atoms with van der Waals surface area (Å²) in [4.78, 5) is 2.60. The molecular weight excluding hydrogens is 236 g/mol. The summed E-state index contributed by atoms with van der Waals surface area (Å²) in [7, 11) is 0. The molecule has 2 unspecified atom stereocenters. The molecule has 19 heavy (non-hydrogen) atoms. The van der Waals surface area contributed by atoms with Crippen LogP contribution < -0.4 is 5.32 Å². The Morgan fingerprint density at radius 1 is 1.21 bits per heavy atom. The highest BCUT2D eigenvalue weighted by atomic mass is 16.5. The fraction of sp³-hybridized carbons (Fsp3) is 0.625. The Bertz CT molecular complexity index is 466. The first-order valence-corrected chi connectivity index (χ1v) is 7.34. The van der Waals surface area contributed by atoms with Gasteiger partial charge in [-0.25, -0.2) is 0 Å². The molecule has 1 N–H and O–H groups in total. The molecule has 1 fully saturated rings. The highest BCUT2D eigenvalue weighted by Gasteiger charge is 2.30. The predicted molar refractivity (Wildman–Crippen MR) is 78.8 cm³/mol. The SMILES string of the molecule is Cc1cc(C)c2c(c1)C(N1CCOCC1)CC(C)N2. The van der Waals surface area contributed by atoms with Gasteiger partial charge in [0.15, 0.2) is 0 Å². The lowest BCUT2D eigenvalue weighted by Gasteiger charge is -2.41. The molecular formula is C16H24N2O. The number of fused-ring (bicyclic) bond motifs is 1. The van der Waals surface area contributed by atoms with Crippen LogP contribution in [0.25, 0.3) is 0 Å². The second-order valence-electron chi connectivity index (χ2n) is 5.99. The molecule has 1 aromatic rings. The van der Waals surface area contributed by atoms with Gasteiger partial charge in [-0.15, -0.1) is 0 Å². The summed E-state index contributed by atoms with van der Waals surface area (Å²) < 4.78 is 5.50. The highest BCUT2D eigenvalue weighted by Crippen LogP contribution is 2.39. The van der Waals surface area contributed by atoms with Gasteiger partial charge < -0.3 is 10.1 Å². The molecule has 1 saturated heterocycles. The summed E-state index contributed by atoms with van der Waals surface area (Å²) in [6, 6.07) is 5.73. The van der Waals surface area contributed by atoms with E-state index in [1.807, 2.05) is 0 Å². The van der Waals surface area contributed by atoms with E-state index in [-0.39, 0.29) is 0 Å². The number of benzene rings is 1. The molecule has 2 aliphatic rings. The van der Waals surface area contributed by atoms with Crippen LogP contribution in [-0.4, -0.2) is 37.2 Å². The van der Waals surface area contributed by atoms with Crippen LogP contribution in [0.3, 0.4) is 0 Å². The summed E-state index contributed by atoms with van der Waals surface area (Å²) >= 11 is 0. The van der Waals surface area contributed by atoms with Gasteiger partial charge >= 0.3 is 0 Å². The number of hydrogen-bond donors (Lipinski definition) is 1. The standard InChI is InChI=1S/C16H24N2O/c1-11-8-12(2)16-14(9-11)15(10-13(3)17-16)18-4-6-19-7-5-18/h8-9,13,15,17H,4-7,10H2,1-3H3. The molecule has 0 aliphatic carbocycles. The zero-order valence-electron chi connectivity index (χ0n) is 12.2. The Labute approximate surface area is 115 Å². The average Bonchev–Trinajstić information content (AvgIpc) is 2.40. The zero-order chi connectivity index (χ0) is 13.4. The quantitative estimate of drug-likeness (QED) is 0.840. The molecule has 2 heterocycles. The third-order valence-corrected chi connectivity index (χ3v) is 4.32. The molecule has 0 amide bonds. The van der Waals surface area contributed by atoms with Crippen LogP contribution in [-0.2, 0) is 4.74 Å². The maximum absolute atomic E-state index is 5.50. The van der Waals surface area contributed by atoms with Crippen LogP contribution in [0.15, 0.2) is 12.1 Å². The molecule has 3 nitrogen and oxygen atoms in total. The number of nitrogens with one attached hydrogen (secondary N) is 1. The molecule has 2 aliphatic heterocycles. The lowest BCUT2D eigenvalue weighted by Crippen LogP contribution is -2.42. The van der Waals surface area contributed by atoms with Crippen molar-refractivity contribution in [2.75, 3.05) is 31.6 Å². The normalized spacial score (nSPS) is 27.7. The molecule has 3 rings (SSSR count). The van der Waals surface area contributed by atoms with Gasteiger partial charge in [0.05, 0.1) is 13.2 Å². The van der Waals surface area contributed by atoms with Crippen molar-refractivity contribution in [2.24, 2.45) is 0 Å². The topological polar surface area (TPSA) is 24.5 Å². The fourth-order valence-corrected chi connectivity index (χ4v) is 3.46. The first-order valence-electron chi connectivity index (χ1n) is 7.34. The number of nitrogens with zero attached hydrogens (tertiary/aromatic N) is 1. The van der Waals surface area contributed by atoms with Crippen molar-refractivity contribution in [3.63, 3.8) is 0 Å². The summed E-state index contributed by atoms with van der Waals surface area (Å²) in [6.45, 7) is 10.6. The number of anilines is 1. The highest BCUT2D eigenvalue weighted by molar-refractivity contribution is 5.62. The number of hydrogen-bond acceptors (Lipinski definition) is 3. The molecule has 104 valence electrons. The monoisotopic (exact) mass is 260 g/mol. The van der Waals surface area contributed by atoms with Crippen molar-refractivity contribution in [3.05, 3.63) is 28.8 Å². The maximum atomic E-state index is 5.50. The minimum atomic E-state index is 0.543. The largest absolute Gasteiger partial charge is 0.382 e. The lowest BCUT2D eigenvalue weighted by molar-refractivity contribution is 0.0127. The first-order chi connectivity index (χ1) is 9.15. The average molecular weight is 260 g/mol. The first kappa shape index (κ1) is 12.9.